The third kappa shape index (κ3) is 4.93. The zero-order chi connectivity index (χ0) is 23.0. The first kappa shape index (κ1) is 23.3. The van der Waals surface area contributed by atoms with Gasteiger partial charge < -0.3 is 14.2 Å². The molecule has 1 amide bonds. The molecule has 0 unspecified atom stereocenters. The fourth-order valence-electron chi connectivity index (χ4n) is 3.74. The lowest BCUT2D eigenvalue weighted by molar-refractivity contribution is -0.134. The van der Waals surface area contributed by atoms with Crippen molar-refractivity contribution in [1.82, 2.24) is 14.4 Å². The number of carbonyl (C=O) groups is 1. The normalized spacial score (nSPS) is 15.9. The SMILES string of the molecule is Cc1ccc(OCC(=O)N2CCN(S(=O)(=O)c3c(C)noc3C)CC2)c(C(C)(C)C)c1. The van der Waals surface area contributed by atoms with Gasteiger partial charge in [-0.15, -0.1) is 0 Å². The van der Waals surface area contributed by atoms with E-state index in [0.29, 0.717) is 24.5 Å². The average molecular weight is 450 g/mol. The number of rotatable bonds is 5. The van der Waals surface area contributed by atoms with Crippen LogP contribution < -0.4 is 4.74 Å². The van der Waals surface area contributed by atoms with Gasteiger partial charge in [0.1, 0.15) is 16.3 Å². The van der Waals surface area contributed by atoms with Crippen LogP contribution in [0.15, 0.2) is 27.6 Å². The van der Waals surface area contributed by atoms with Gasteiger partial charge in [-0.25, -0.2) is 8.42 Å². The van der Waals surface area contributed by atoms with Crippen LogP contribution in [0.2, 0.25) is 0 Å². The summed E-state index contributed by atoms with van der Waals surface area (Å²) in [5.41, 5.74) is 2.43. The van der Waals surface area contributed by atoms with Crippen LogP contribution in [0.5, 0.6) is 5.75 Å². The second-order valence-electron chi connectivity index (χ2n) is 8.98. The van der Waals surface area contributed by atoms with E-state index in [4.69, 9.17) is 9.26 Å². The van der Waals surface area contributed by atoms with Crippen LogP contribution in [0, 0.1) is 20.8 Å². The Kier molecular flexibility index (Phi) is 6.48. The zero-order valence-electron chi connectivity index (χ0n) is 19.1. The zero-order valence-corrected chi connectivity index (χ0v) is 19.9. The fraction of sp³-hybridized carbons (Fsp3) is 0.545. The minimum Gasteiger partial charge on any atom is -0.483 e. The van der Waals surface area contributed by atoms with Crippen LogP contribution in [0.25, 0.3) is 0 Å². The highest BCUT2D eigenvalue weighted by Crippen LogP contribution is 2.32. The molecule has 8 nitrogen and oxygen atoms in total. The van der Waals surface area contributed by atoms with Crippen molar-refractivity contribution in [2.75, 3.05) is 32.8 Å². The second kappa shape index (κ2) is 8.63. The molecular formula is C22H31N3O5S. The maximum Gasteiger partial charge on any atom is 0.260 e. The molecular weight excluding hydrogens is 418 g/mol. The summed E-state index contributed by atoms with van der Waals surface area (Å²) in [6.07, 6.45) is 0. The van der Waals surface area contributed by atoms with Crippen molar-refractivity contribution in [1.29, 1.82) is 0 Å². The summed E-state index contributed by atoms with van der Waals surface area (Å²) >= 11 is 0. The second-order valence-corrected chi connectivity index (χ2v) is 10.9. The Labute approximate surface area is 184 Å². The van der Waals surface area contributed by atoms with Gasteiger partial charge in [-0.2, -0.15) is 4.31 Å². The molecule has 1 saturated heterocycles. The van der Waals surface area contributed by atoms with Crippen LogP contribution in [-0.4, -0.2) is 61.5 Å². The molecule has 1 aliphatic rings. The van der Waals surface area contributed by atoms with Crippen molar-refractivity contribution in [3.63, 3.8) is 0 Å². The van der Waals surface area contributed by atoms with Crippen LogP contribution >= 0.6 is 0 Å². The van der Waals surface area contributed by atoms with Gasteiger partial charge in [-0.05, 0) is 37.8 Å². The van der Waals surface area contributed by atoms with Gasteiger partial charge in [0.2, 0.25) is 10.0 Å². The number of amides is 1. The molecule has 1 aromatic carbocycles. The van der Waals surface area contributed by atoms with Crippen LogP contribution in [-0.2, 0) is 20.2 Å². The largest absolute Gasteiger partial charge is 0.483 e. The predicted octanol–water partition coefficient (Wildman–Crippen LogP) is 2.81. The quantitative estimate of drug-likeness (QED) is 0.697. The van der Waals surface area contributed by atoms with Gasteiger partial charge in [-0.3, -0.25) is 4.79 Å². The van der Waals surface area contributed by atoms with E-state index in [1.807, 2.05) is 19.1 Å². The summed E-state index contributed by atoms with van der Waals surface area (Å²) < 4.78 is 38.1. The Hall–Kier alpha value is -2.39. The maximum atomic E-state index is 12.9. The maximum absolute atomic E-state index is 12.9. The Bertz CT molecular complexity index is 1040. The van der Waals surface area contributed by atoms with Crippen LogP contribution in [0.3, 0.4) is 0 Å². The molecule has 0 radical (unpaired) electrons. The van der Waals surface area contributed by atoms with Gasteiger partial charge >= 0.3 is 0 Å². The first-order chi connectivity index (χ1) is 14.4. The number of nitrogens with zero attached hydrogens (tertiary/aromatic N) is 3. The number of sulfonamides is 1. The fourth-order valence-corrected chi connectivity index (χ4v) is 5.45. The number of ether oxygens (including phenoxy) is 1. The van der Waals surface area contributed by atoms with E-state index < -0.39 is 10.0 Å². The first-order valence-electron chi connectivity index (χ1n) is 10.4. The van der Waals surface area contributed by atoms with Crippen molar-refractivity contribution < 1.29 is 22.5 Å². The van der Waals surface area contributed by atoms with Gasteiger partial charge in [0.25, 0.3) is 5.91 Å². The summed E-state index contributed by atoms with van der Waals surface area (Å²) in [5.74, 6) is 0.818. The van der Waals surface area contributed by atoms with E-state index in [-0.39, 0.29) is 41.7 Å². The third-order valence-corrected chi connectivity index (χ3v) is 7.60. The standard InChI is InChI=1S/C22H31N3O5S/c1-15-7-8-19(18(13-15)22(4,5)6)29-14-20(26)24-9-11-25(12-10-24)31(27,28)21-16(2)23-30-17(21)3/h7-8,13H,9-12,14H2,1-6H3. The third-order valence-electron chi connectivity index (χ3n) is 5.45. The number of carbonyl (C=O) groups excluding carboxylic acids is 1. The summed E-state index contributed by atoms with van der Waals surface area (Å²) in [6.45, 7) is 12.5. The van der Waals surface area contributed by atoms with E-state index >= 15 is 0 Å². The highest BCUT2D eigenvalue weighted by Gasteiger charge is 2.34. The predicted molar refractivity (Wildman–Crippen MR) is 117 cm³/mol. The molecule has 0 aliphatic carbocycles. The van der Waals surface area contributed by atoms with E-state index in [2.05, 4.69) is 32.0 Å². The molecule has 0 spiro atoms. The van der Waals surface area contributed by atoms with E-state index in [9.17, 15) is 13.2 Å². The Morgan fingerprint density at radius 1 is 1.13 bits per heavy atom. The molecule has 3 rings (SSSR count). The van der Waals surface area contributed by atoms with E-state index in [0.717, 1.165) is 11.1 Å². The number of hydrogen-bond acceptors (Lipinski definition) is 6. The monoisotopic (exact) mass is 449 g/mol. The molecule has 0 bridgehead atoms. The van der Waals surface area contributed by atoms with Crippen LogP contribution in [0.1, 0.15) is 43.4 Å². The number of piperazine rings is 1. The van der Waals surface area contributed by atoms with E-state index in [1.165, 1.54) is 4.31 Å². The molecule has 0 saturated carbocycles. The van der Waals surface area contributed by atoms with Gasteiger partial charge in [0.15, 0.2) is 12.4 Å². The summed E-state index contributed by atoms with van der Waals surface area (Å²) in [4.78, 5) is 14.5. The molecule has 1 aliphatic heterocycles. The lowest BCUT2D eigenvalue weighted by atomic mass is 9.85. The van der Waals surface area contributed by atoms with E-state index in [1.54, 1.807) is 18.7 Å². The van der Waals surface area contributed by atoms with Gasteiger partial charge in [-0.1, -0.05) is 43.6 Å². The van der Waals surface area contributed by atoms with Crippen molar-refractivity contribution in [2.24, 2.45) is 0 Å². The molecule has 9 heteroatoms. The Morgan fingerprint density at radius 2 is 1.77 bits per heavy atom. The summed E-state index contributed by atoms with van der Waals surface area (Å²) in [7, 11) is -3.70. The summed E-state index contributed by atoms with van der Waals surface area (Å²) in [5, 5.41) is 3.74. The first-order valence-corrected chi connectivity index (χ1v) is 11.8. The number of benzene rings is 1. The minimum absolute atomic E-state index is 0.0806. The lowest BCUT2D eigenvalue weighted by Crippen LogP contribution is -2.51. The summed E-state index contributed by atoms with van der Waals surface area (Å²) in [6, 6.07) is 5.95. The number of aromatic nitrogens is 1. The van der Waals surface area contributed by atoms with Gasteiger partial charge in [0, 0.05) is 26.2 Å². The topological polar surface area (TPSA) is 93.0 Å². The number of hydrogen-bond donors (Lipinski definition) is 0. The minimum atomic E-state index is -3.70. The van der Waals surface area contributed by atoms with Crippen molar-refractivity contribution in [3.8, 4) is 5.75 Å². The molecule has 2 heterocycles. The molecule has 0 N–H and O–H groups in total. The molecule has 31 heavy (non-hydrogen) atoms. The molecule has 170 valence electrons. The smallest absolute Gasteiger partial charge is 0.260 e. The molecule has 2 aromatic rings. The van der Waals surface area contributed by atoms with Crippen molar-refractivity contribution in [3.05, 3.63) is 40.8 Å². The molecule has 1 aromatic heterocycles. The Balaban J connectivity index is 1.62. The molecule has 1 fully saturated rings. The Morgan fingerprint density at radius 3 is 2.32 bits per heavy atom. The lowest BCUT2D eigenvalue weighted by Gasteiger charge is -2.34. The van der Waals surface area contributed by atoms with Crippen molar-refractivity contribution in [2.45, 2.75) is 51.9 Å². The van der Waals surface area contributed by atoms with Gasteiger partial charge in [0.05, 0.1) is 0 Å². The van der Waals surface area contributed by atoms with Crippen LogP contribution in [0.4, 0.5) is 0 Å². The average Bonchev–Trinajstić information content (AvgIpc) is 3.05. The highest BCUT2D eigenvalue weighted by atomic mass is 32.2. The van der Waals surface area contributed by atoms with Crippen molar-refractivity contribution >= 4 is 15.9 Å². The highest BCUT2D eigenvalue weighted by molar-refractivity contribution is 7.89. The number of aryl methyl sites for hydroxylation is 3. The molecule has 0 atom stereocenters.